The van der Waals surface area contributed by atoms with Gasteiger partial charge in [-0.1, -0.05) is 67.2 Å². The molecule has 0 N–H and O–H groups in total. The first kappa shape index (κ1) is 16.8. The summed E-state index contributed by atoms with van der Waals surface area (Å²) in [5, 5.41) is 14.1. The highest BCUT2D eigenvalue weighted by Gasteiger charge is 2.10. The summed E-state index contributed by atoms with van der Waals surface area (Å²) in [5.41, 5.74) is 6.73. The summed E-state index contributed by atoms with van der Waals surface area (Å²) in [7, 11) is 0. The van der Waals surface area contributed by atoms with Crippen molar-refractivity contribution in [3.05, 3.63) is 77.4 Å². The van der Waals surface area contributed by atoms with E-state index in [2.05, 4.69) is 72.6 Å². The maximum absolute atomic E-state index is 4.77. The maximum Gasteiger partial charge on any atom is 0.212 e. The van der Waals surface area contributed by atoms with E-state index in [-0.39, 0.29) is 0 Å². The summed E-state index contributed by atoms with van der Waals surface area (Å²) in [6, 6.07) is 20.9. The molecule has 0 unspecified atom stereocenters. The van der Waals surface area contributed by atoms with Gasteiger partial charge in [0.25, 0.3) is 0 Å². The molecule has 0 bridgehead atoms. The molecular formula is C21H20N4S. The van der Waals surface area contributed by atoms with Crippen molar-refractivity contribution >= 4 is 17.4 Å². The average molecular weight is 360 g/mol. The summed E-state index contributed by atoms with van der Waals surface area (Å²) in [5.74, 6) is 0.852. The van der Waals surface area contributed by atoms with Gasteiger partial charge < -0.3 is 0 Å². The van der Waals surface area contributed by atoms with Crippen LogP contribution >= 0.6 is 11.8 Å². The highest BCUT2D eigenvalue weighted by molar-refractivity contribution is 7.98. The maximum atomic E-state index is 4.77. The van der Waals surface area contributed by atoms with Gasteiger partial charge in [0, 0.05) is 11.3 Å². The minimum atomic E-state index is 0.770. The Labute approximate surface area is 157 Å². The van der Waals surface area contributed by atoms with Crippen molar-refractivity contribution in [2.75, 3.05) is 0 Å². The Balaban J connectivity index is 1.63. The number of aryl methyl sites for hydroxylation is 2. The lowest BCUT2D eigenvalue weighted by molar-refractivity contribution is 0.812. The zero-order valence-electron chi connectivity index (χ0n) is 14.9. The molecule has 0 atom stereocenters. The van der Waals surface area contributed by atoms with Gasteiger partial charge in [0.2, 0.25) is 5.16 Å². The third-order valence-corrected chi connectivity index (χ3v) is 5.48. The topological polar surface area (TPSA) is 43.1 Å². The van der Waals surface area contributed by atoms with E-state index in [4.69, 9.17) is 5.10 Å². The number of rotatable bonds is 5. The molecule has 2 aromatic carbocycles. The Kier molecular flexibility index (Phi) is 4.71. The first-order valence-electron chi connectivity index (χ1n) is 8.73. The predicted octanol–water partition coefficient (Wildman–Crippen LogP) is 4.95. The SMILES string of the molecule is CCc1ccc(-c2ccc3nnc(SCc4ccccc4C)n3n2)cc1. The van der Waals surface area contributed by atoms with Crippen molar-refractivity contribution in [1.29, 1.82) is 0 Å². The first-order valence-corrected chi connectivity index (χ1v) is 9.72. The van der Waals surface area contributed by atoms with Gasteiger partial charge in [-0.2, -0.15) is 9.61 Å². The fraction of sp³-hybridized carbons (Fsp3) is 0.190. The van der Waals surface area contributed by atoms with Gasteiger partial charge in [-0.05, 0) is 42.2 Å². The molecule has 2 heterocycles. The van der Waals surface area contributed by atoms with Crippen LogP contribution in [-0.4, -0.2) is 19.8 Å². The highest BCUT2D eigenvalue weighted by Crippen LogP contribution is 2.24. The van der Waals surface area contributed by atoms with E-state index in [1.165, 1.54) is 16.7 Å². The van der Waals surface area contributed by atoms with E-state index in [0.29, 0.717) is 0 Å². The highest BCUT2D eigenvalue weighted by atomic mass is 32.2. The van der Waals surface area contributed by atoms with E-state index < -0.39 is 0 Å². The van der Waals surface area contributed by atoms with Crippen LogP contribution in [0.15, 0.2) is 65.8 Å². The second-order valence-corrected chi connectivity index (χ2v) is 7.18. The molecule has 0 saturated carbocycles. The van der Waals surface area contributed by atoms with Crippen LogP contribution in [0.4, 0.5) is 0 Å². The molecule has 0 aliphatic heterocycles. The summed E-state index contributed by atoms with van der Waals surface area (Å²) < 4.78 is 1.84. The molecule has 130 valence electrons. The zero-order chi connectivity index (χ0) is 17.9. The molecule has 0 fully saturated rings. The van der Waals surface area contributed by atoms with E-state index in [1.807, 2.05) is 16.6 Å². The van der Waals surface area contributed by atoms with Gasteiger partial charge in [-0.3, -0.25) is 0 Å². The van der Waals surface area contributed by atoms with Crippen molar-refractivity contribution in [1.82, 2.24) is 19.8 Å². The summed E-state index contributed by atoms with van der Waals surface area (Å²) >= 11 is 1.66. The van der Waals surface area contributed by atoms with Gasteiger partial charge in [-0.25, -0.2) is 0 Å². The molecule has 4 aromatic rings. The predicted molar refractivity (Wildman–Crippen MR) is 106 cm³/mol. The van der Waals surface area contributed by atoms with Gasteiger partial charge in [0.05, 0.1) is 5.69 Å². The molecule has 2 aromatic heterocycles. The number of hydrogen-bond acceptors (Lipinski definition) is 4. The van der Waals surface area contributed by atoms with Crippen LogP contribution in [0, 0.1) is 6.92 Å². The normalized spacial score (nSPS) is 11.2. The van der Waals surface area contributed by atoms with Gasteiger partial charge in [0.1, 0.15) is 0 Å². The molecule has 5 heteroatoms. The fourth-order valence-corrected chi connectivity index (χ4v) is 3.80. The number of hydrogen-bond donors (Lipinski definition) is 0. The largest absolute Gasteiger partial charge is 0.212 e. The third kappa shape index (κ3) is 3.35. The molecule has 0 amide bonds. The molecule has 0 radical (unpaired) electrons. The van der Waals surface area contributed by atoms with E-state index in [1.54, 1.807) is 11.8 Å². The van der Waals surface area contributed by atoms with E-state index >= 15 is 0 Å². The Morgan fingerprint density at radius 3 is 2.50 bits per heavy atom. The Morgan fingerprint density at radius 2 is 1.73 bits per heavy atom. The smallest absolute Gasteiger partial charge is 0.187 e. The average Bonchev–Trinajstić information content (AvgIpc) is 3.10. The number of aromatic nitrogens is 4. The van der Waals surface area contributed by atoms with Crippen molar-refractivity contribution in [3.8, 4) is 11.3 Å². The fourth-order valence-electron chi connectivity index (χ4n) is 2.84. The Hall–Kier alpha value is -2.66. The molecule has 4 nitrogen and oxygen atoms in total. The van der Waals surface area contributed by atoms with Gasteiger partial charge in [0.15, 0.2) is 5.65 Å². The van der Waals surface area contributed by atoms with Crippen molar-refractivity contribution in [3.63, 3.8) is 0 Å². The van der Waals surface area contributed by atoms with Gasteiger partial charge in [-0.15, -0.1) is 10.2 Å². The summed E-state index contributed by atoms with van der Waals surface area (Å²) in [6.07, 6.45) is 1.04. The number of fused-ring (bicyclic) bond motifs is 1. The second kappa shape index (κ2) is 7.30. The lowest BCUT2D eigenvalue weighted by Gasteiger charge is -2.05. The van der Waals surface area contributed by atoms with Crippen molar-refractivity contribution in [2.24, 2.45) is 0 Å². The molecule has 4 rings (SSSR count). The summed E-state index contributed by atoms with van der Waals surface area (Å²) in [6.45, 7) is 4.29. The first-order chi connectivity index (χ1) is 12.7. The Morgan fingerprint density at radius 1 is 0.923 bits per heavy atom. The third-order valence-electron chi connectivity index (χ3n) is 4.51. The van der Waals surface area contributed by atoms with Gasteiger partial charge >= 0.3 is 0 Å². The van der Waals surface area contributed by atoms with Crippen LogP contribution in [0.25, 0.3) is 16.9 Å². The quantitative estimate of drug-likeness (QED) is 0.472. The number of nitrogens with zero attached hydrogens (tertiary/aromatic N) is 4. The minimum Gasteiger partial charge on any atom is -0.187 e. The lowest BCUT2D eigenvalue weighted by atomic mass is 10.1. The number of benzene rings is 2. The van der Waals surface area contributed by atoms with Crippen molar-refractivity contribution < 1.29 is 0 Å². The van der Waals surface area contributed by atoms with Crippen LogP contribution in [0.2, 0.25) is 0 Å². The molecule has 26 heavy (non-hydrogen) atoms. The summed E-state index contributed by atoms with van der Waals surface area (Å²) in [4.78, 5) is 0. The zero-order valence-corrected chi connectivity index (χ0v) is 15.7. The molecule has 0 aliphatic carbocycles. The Bertz CT molecular complexity index is 1040. The molecule has 0 spiro atoms. The van der Waals surface area contributed by atoms with E-state index in [9.17, 15) is 0 Å². The van der Waals surface area contributed by atoms with E-state index in [0.717, 1.165) is 34.2 Å². The lowest BCUT2D eigenvalue weighted by Crippen LogP contribution is -1.97. The molecule has 0 saturated heterocycles. The van der Waals surface area contributed by atoms with Crippen LogP contribution in [-0.2, 0) is 12.2 Å². The molecular weight excluding hydrogens is 340 g/mol. The van der Waals surface area contributed by atoms with Crippen LogP contribution in [0.3, 0.4) is 0 Å². The monoisotopic (exact) mass is 360 g/mol. The second-order valence-electron chi connectivity index (χ2n) is 6.24. The van der Waals surface area contributed by atoms with Crippen molar-refractivity contribution in [2.45, 2.75) is 31.2 Å². The standard InChI is InChI=1S/C21H20N4S/c1-3-16-8-10-17(11-9-16)19-12-13-20-22-23-21(25(20)24-19)26-14-18-7-5-4-6-15(18)2/h4-13H,3,14H2,1-2H3. The number of thioether (sulfide) groups is 1. The van der Waals surface area contributed by atoms with Crippen LogP contribution < -0.4 is 0 Å². The van der Waals surface area contributed by atoms with Crippen LogP contribution in [0.5, 0.6) is 0 Å². The minimum absolute atomic E-state index is 0.770. The molecule has 0 aliphatic rings. The van der Waals surface area contributed by atoms with Crippen LogP contribution in [0.1, 0.15) is 23.6 Å².